The van der Waals surface area contributed by atoms with Crippen molar-refractivity contribution in [1.29, 1.82) is 0 Å². The molecule has 0 saturated heterocycles. The first kappa shape index (κ1) is 20.1. The van der Waals surface area contributed by atoms with E-state index in [1.165, 1.54) is 29.9 Å². The molecular formula is C25H19F2N3O2S. The second kappa shape index (κ2) is 7.52. The summed E-state index contributed by atoms with van der Waals surface area (Å²) >= 11 is 1.71. The van der Waals surface area contributed by atoms with Gasteiger partial charge in [-0.3, -0.25) is 14.0 Å². The lowest BCUT2D eigenvalue weighted by Crippen LogP contribution is -2.20. The topological polar surface area (TPSA) is 49.0 Å². The van der Waals surface area contributed by atoms with Gasteiger partial charge in [-0.1, -0.05) is 6.07 Å². The standard InChI is InChI=1S/C25H19F2N3O2S/c1-29-13-16-10-15(4-9-20(16)28-29)19-11-23-21(12-22(33-23)14-2-3-14)30(24(19)31)17-5-7-18(8-6-17)32-25(26)27/h4-14,25H,2-3H2,1H3. The number of aryl methyl sites for hydroxylation is 1. The SMILES string of the molecule is Cn1cc2cc(-c3cc4sc(C5CC5)cc4n(-c4ccc(OC(F)F)cc4)c3=O)ccc2n1. The van der Waals surface area contributed by atoms with Gasteiger partial charge in [-0.15, -0.1) is 11.3 Å². The van der Waals surface area contributed by atoms with Crippen LogP contribution in [0.5, 0.6) is 5.75 Å². The lowest BCUT2D eigenvalue weighted by Gasteiger charge is -2.12. The molecule has 5 nitrogen and oxygen atoms in total. The minimum Gasteiger partial charge on any atom is -0.435 e. The quantitative estimate of drug-likeness (QED) is 0.317. The molecule has 166 valence electrons. The summed E-state index contributed by atoms with van der Waals surface area (Å²) in [6.07, 6.45) is 4.26. The van der Waals surface area contributed by atoms with E-state index in [2.05, 4.69) is 15.9 Å². The number of benzene rings is 2. The third kappa shape index (κ3) is 3.60. The number of thiophene rings is 1. The number of alkyl halides is 2. The summed E-state index contributed by atoms with van der Waals surface area (Å²) in [5, 5.41) is 5.37. The Morgan fingerprint density at radius 2 is 1.88 bits per heavy atom. The monoisotopic (exact) mass is 463 g/mol. The first-order valence-electron chi connectivity index (χ1n) is 10.6. The van der Waals surface area contributed by atoms with Gasteiger partial charge < -0.3 is 4.74 Å². The highest BCUT2D eigenvalue weighted by Gasteiger charge is 2.27. The highest BCUT2D eigenvalue weighted by molar-refractivity contribution is 7.19. The number of halogens is 2. The van der Waals surface area contributed by atoms with Gasteiger partial charge in [0, 0.05) is 34.8 Å². The minimum atomic E-state index is -2.89. The van der Waals surface area contributed by atoms with Crippen molar-refractivity contribution in [3.8, 4) is 22.6 Å². The molecule has 0 atom stereocenters. The molecule has 6 rings (SSSR count). The summed E-state index contributed by atoms with van der Waals surface area (Å²) in [7, 11) is 1.87. The Morgan fingerprint density at radius 3 is 2.61 bits per heavy atom. The van der Waals surface area contributed by atoms with E-state index in [0.717, 1.165) is 26.7 Å². The lowest BCUT2D eigenvalue weighted by atomic mass is 10.0. The molecule has 0 spiro atoms. The number of pyridine rings is 1. The molecule has 33 heavy (non-hydrogen) atoms. The van der Waals surface area contributed by atoms with Crippen LogP contribution in [0.2, 0.25) is 0 Å². The van der Waals surface area contributed by atoms with Gasteiger partial charge in [-0.05, 0) is 72.9 Å². The van der Waals surface area contributed by atoms with E-state index in [1.807, 2.05) is 37.5 Å². The van der Waals surface area contributed by atoms with Gasteiger partial charge in [-0.2, -0.15) is 13.9 Å². The smallest absolute Gasteiger partial charge is 0.387 e. The summed E-state index contributed by atoms with van der Waals surface area (Å²) in [4.78, 5) is 15.1. The van der Waals surface area contributed by atoms with Crippen molar-refractivity contribution in [2.24, 2.45) is 7.05 Å². The van der Waals surface area contributed by atoms with Gasteiger partial charge in [0.15, 0.2) is 0 Å². The Kier molecular flexibility index (Phi) is 4.58. The summed E-state index contributed by atoms with van der Waals surface area (Å²) in [6.45, 7) is -2.89. The predicted molar refractivity (Wildman–Crippen MR) is 126 cm³/mol. The molecule has 0 aliphatic heterocycles. The number of fused-ring (bicyclic) bond motifs is 2. The lowest BCUT2D eigenvalue weighted by molar-refractivity contribution is -0.0498. The Hall–Kier alpha value is -3.52. The minimum absolute atomic E-state index is 0.0558. The fraction of sp³-hybridized carbons (Fsp3) is 0.200. The van der Waals surface area contributed by atoms with Crippen molar-refractivity contribution < 1.29 is 13.5 Å². The number of aromatic nitrogens is 3. The Balaban J connectivity index is 1.56. The highest BCUT2D eigenvalue weighted by atomic mass is 32.1. The van der Waals surface area contributed by atoms with Crippen molar-refractivity contribution in [2.75, 3.05) is 0 Å². The highest BCUT2D eigenvalue weighted by Crippen LogP contribution is 2.45. The Bertz CT molecular complexity index is 1560. The zero-order valence-corrected chi connectivity index (χ0v) is 18.5. The maximum atomic E-state index is 13.8. The van der Waals surface area contributed by atoms with Crippen LogP contribution in [0.25, 0.3) is 37.9 Å². The van der Waals surface area contributed by atoms with Gasteiger partial charge in [-0.25, -0.2) is 0 Å². The van der Waals surface area contributed by atoms with Crippen LogP contribution < -0.4 is 10.3 Å². The predicted octanol–water partition coefficient (Wildman–Crippen LogP) is 6.08. The van der Waals surface area contributed by atoms with Crippen LogP contribution in [0.3, 0.4) is 0 Å². The normalized spacial score (nSPS) is 13.9. The molecule has 0 bridgehead atoms. The van der Waals surface area contributed by atoms with E-state index in [-0.39, 0.29) is 11.3 Å². The third-order valence-electron chi connectivity index (χ3n) is 5.94. The van der Waals surface area contributed by atoms with Gasteiger partial charge in [0.25, 0.3) is 5.56 Å². The molecule has 0 N–H and O–H groups in total. The van der Waals surface area contributed by atoms with E-state index < -0.39 is 6.61 Å². The first-order valence-corrected chi connectivity index (χ1v) is 11.5. The van der Waals surface area contributed by atoms with E-state index >= 15 is 0 Å². The summed E-state index contributed by atoms with van der Waals surface area (Å²) in [6, 6.07) is 16.1. The van der Waals surface area contributed by atoms with E-state index in [9.17, 15) is 13.6 Å². The van der Waals surface area contributed by atoms with Crippen LogP contribution >= 0.6 is 11.3 Å². The van der Waals surface area contributed by atoms with E-state index in [0.29, 0.717) is 17.2 Å². The van der Waals surface area contributed by atoms with Gasteiger partial charge in [0.1, 0.15) is 5.75 Å². The maximum absolute atomic E-state index is 13.8. The molecule has 0 unspecified atom stereocenters. The summed E-state index contributed by atoms with van der Waals surface area (Å²) in [5.74, 6) is 0.614. The van der Waals surface area contributed by atoms with Crippen LogP contribution in [-0.2, 0) is 7.05 Å². The molecule has 1 aliphatic rings. The average Bonchev–Trinajstić information content (AvgIpc) is 3.44. The maximum Gasteiger partial charge on any atom is 0.387 e. The second-order valence-corrected chi connectivity index (χ2v) is 9.44. The van der Waals surface area contributed by atoms with E-state index in [1.54, 1.807) is 32.7 Å². The zero-order chi connectivity index (χ0) is 22.7. The molecule has 8 heteroatoms. The van der Waals surface area contributed by atoms with Crippen molar-refractivity contribution >= 4 is 32.5 Å². The molecule has 0 radical (unpaired) electrons. The molecule has 3 heterocycles. The molecule has 1 aliphatic carbocycles. The molecule has 5 aromatic rings. The first-order chi connectivity index (χ1) is 16.0. The van der Waals surface area contributed by atoms with Gasteiger partial charge in [0.05, 0.1) is 15.7 Å². The summed E-state index contributed by atoms with van der Waals surface area (Å²) < 4.78 is 34.1. The largest absolute Gasteiger partial charge is 0.435 e. The fourth-order valence-corrected chi connectivity index (χ4v) is 5.50. The Morgan fingerprint density at radius 1 is 1.09 bits per heavy atom. The zero-order valence-electron chi connectivity index (χ0n) is 17.7. The molecular weight excluding hydrogens is 444 g/mol. The molecule has 1 fully saturated rings. The number of ether oxygens (including phenoxy) is 1. The average molecular weight is 464 g/mol. The van der Waals surface area contributed by atoms with Crippen LogP contribution in [0.15, 0.2) is 65.6 Å². The number of nitrogens with zero attached hydrogens (tertiary/aromatic N) is 3. The van der Waals surface area contributed by atoms with Crippen LogP contribution in [0, 0.1) is 0 Å². The van der Waals surface area contributed by atoms with Crippen molar-refractivity contribution in [2.45, 2.75) is 25.4 Å². The third-order valence-corrected chi connectivity index (χ3v) is 7.17. The van der Waals surface area contributed by atoms with Crippen LogP contribution in [0.4, 0.5) is 8.78 Å². The molecule has 1 saturated carbocycles. The second-order valence-electron chi connectivity index (χ2n) is 8.32. The number of rotatable bonds is 5. The fourth-order valence-electron chi connectivity index (χ4n) is 4.24. The number of hydrogen-bond donors (Lipinski definition) is 0. The van der Waals surface area contributed by atoms with Crippen LogP contribution in [-0.4, -0.2) is 21.0 Å². The molecule has 2 aromatic carbocycles. The molecule has 0 amide bonds. The summed E-state index contributed by atoms with van der Waals surface area (Å²) in [5.41, 5.74) is 3.55. The van der Waals surface area contributed by atoms with Gasteiger partial charge >= 0.3 is 6.61 Å². The molecule has 3 aromatic heterocycles. The van der Waals surface area contributed by atoms with Crippen molar-refractivity contribution in [1.82, 2.24) is 14.3 Å². The Labute approximate surface area is 191 Å². The number of hydrogen-bond acceptors (Lipinski definition) is 4. The van der Waals surface area contributed by atoms with E-state index in [4.69, 9.17) is 0 Å². The van der Waals surface area contributed by atoms with Gasteiger partial charge in [0.2, 0.25) is 0 Å². The van der Waals surface area contributed by atoms with Crippen LogP contribution in [0.1, 0.15) is 23.6 Å². The van der Waals surface area contributed by atoms with Crippen molar-refractivity contribution in [3.63, 3.8) is 0 Å². The van der Waals surface area contributed by atoms with Crippen molar-refractivity contribution in [3.05, 3.63) is 76.0 Å².